The third-order valence-electron chi connectivity index (χ3n) is 2.48. The van der Waals surface area contributed by atoms with Crippen LogP contribution in [0.2, 0.25) is 0 Å². The van der Waals surface area contributed by atoms with Crippen molar-refractivity contribution in [2.75, 3.05) is 44.4 Å². The van der Waals surface area contributed by atoms with E-state index in [1.165, 1.54) is 11.8 Å². The maximum atomic E-state index is 11.8. The van der Waals surface area contributed by atoms with Crippen molar-refractivity contribution in [2.45, 2.75) is 13.0 Å². The first-order valence-corrected chi connectivity index (χ1v) is 7.16. The van der Waals surface area contributed by atoms with Gasteiger partial charge in [0.25, 0.3) is 0 Å². The van der Waals surface area contributed by atoms with E-state index in [1.807, 2.05) is 0 Å². The van der Waals surface area contributed by atoms with E-state index < -0.39 is 12.0 Å². The Kier molecular flexibility index (Phi) is 7.07. The van der Waals surface area contributed by atoms with Crippen LogP contribution in [0.4, 0.5) is 0 Å². The van der Waals surface area contributed by atoms with Crippen molar-refractivity contribution in [2.24, 2.45) is 5.73 Å². The van der Waals surface area contributed by atoms with Crippen molar-refractivity contribution in [3.05, 3.63) is 0 Å². The van der Waals surface area contributed by atoms with Crippen LogP contribution < -0.4 is 5.73 Å². The van der Waals surface area contributed by atoms with E-state index in [0.29, 0.717) is 44.4 Å². The molecule has 1 saturated heterocycles. The molecule has 1 rings (SSSR count). The molecule has 1 unspecified atom stereocenters. The molecule has 2 N–H and O–H groups in total. The van der Waals surface area contributed by atoms with Gasteiger partial charge in [0.1, 0.15) is 6.04 Å². The highest BCUT2D eigenvalue weighted by Crippen LogP contribution is 2.07. The van der Waals surface area contributed by atoms with Crippen molar-refractivity contribution in [3.63, 3.8) is 0 Å². The van der Waals surface area contributed by atoms with Crippen LogP contribution in [-0.4, -0.2) is 67.2 Å². The molecule has 7 heteroatoms. The number of amides is 1. The number of ether oxygens (including phenoxy) is 2. The fourth-order valence-corrected chi connectivity index (χ4v) is 2.36. The molecule has 1 aliphatic rings. The average molecular weight is 276 g/mol. The summed E-state index contributed by atoms with van der Waals surface area (Å²) in [5.41, 5.74) is 5.63. The summed E-state index contributed by atoms with van der Waals surface area (Å²) in [5.74, 6) is 0.394. The smallest absolute Gasteiger partial charge is 0.323 e. The topological polar surface area (TPSA) is 81.9 Å². The summed E-state index contributed by atoms with van der Waals surface area (Å²) < 4.78 is 9.96. The minimum atomic E-state index is -0.660. The molecule has 1 amide bonds. The summed E-state index contributed by atoms with van der Waals surface area (Å²) in [6.07, 6.45) is 0. The molecule has 1 fully saturated rings. The van der Waals surface area contributed by atoms with E-state index >= 15 is 0 Å². The molecule has 0 saturated carbocycles. The van der Waals surface area contributed by atoms with Crippen LogP contribution >= 0.6 is 11.8 Å². The maximum absolute atomic E-state index is 11.8. The van der Waals surface area contributed by atoms with Crippen LogP contribution in [0.1, 0.15) is 6.92 Å². The molecule has 0 radical (unpaired) electrons. The lowest BCUT2D eigenvalue weighted by atomic mass is 10.4. The first-order chi connectivity index (χ1) is 8.65. The number of carbonyl (C=O) groups is 2. The summed E-state index contributed by atoms with van der Waals surface area (Å²) in [7, 11) is 0. The Morgan fingerprint density at radius 2 is 2.11 bits per heavy atom. The number of hydrogen-bond acceptors (Lipinski definition) is 6. The second-order valence-electron chi connectivity index (χ2n) is 3.87. The number of nitrogens with two attached hydrogens (primary N) is 1. The van der Waals surface area contributed by atoms with Crippen LogP contribution in [0.3, 0.4) is 0 Å². The van der Waals surface area contributed by atoms with Crippen LogP contribution in [0.15, 0.2) is 0 Å². The summed E-state index contributed by atoms with van der Waals surface area (Å²) in [6.45, 7) is 4.54. The van der Waals surface area contributed by atoms with E-state index in [1.54, 1.807) is 11.8 Å². The number of esters is 1. The Morgan fingerprint density at radius 3 is 2.72 bits per heavy atom. The lowest BCUT2D eigenvalue weighted by Gasteiger charge is -2.26. The monoisotopic (exact) mass is 276 g/mol. The second kappa shape index (κ2) is 8.34. The van der Waals surface area contributed by atoms with Crippen molar-refractivity contribution in [3.8, 4) is 0 Å². The normalized spacial score (nSPS) is 17.3. The van der Waals surface area contributed by atoms with E-state index in [4.69, 9.17) is 15.2 Å². The highest BCUT2D eigenvalue weighted by atomic mass is 32.2. The van der Waals surface area contributed by atoms with Crippen molar-refractivity contribution >= 4 is 23.6 Å². The molecule has 0 aliphatic carbocycles. The lowest BCUT2D eigenvalue weighted by molar-refractivity contribution is -0.144. The molecule has 6 nitrogen and oxygen atoms in total. The zero-order chi connectivity index (χ0) is 13.4. The van der Waals surface area contributed by atoms with E-state index in [2.05, 4.69) is 0 Å². The van der Waals surface area contributed by atoms with Gasteiger partial charge in [0.15, 0.2) is 0 Å². The van der Waals surface area contributed by atoms with Crippen LogP contribution in [0, 0.1) is 0 Å². The summed E-state index contributed by atoms with van der Waals surface area (Å²) in [6, 6.07) is -0.660. The van der Waals surface area contributed by atoms with Gasteiger partial charge in [-0.3, -0.25) is 9.59 Å². The van der Waals surface area contributed by atoms with Gasteiger partial charge in [0.2, 0.25) is 5.91 Å². The summed E-state index contributed by atoms with van der Waals surface area (Å²) >= 11 is 1.36. The molecule has 1 atom stereocenters. The Morgan fingerprint density at radius 1 is 1.44 bits per heavy atom. The number of nitrogens with zero attached hydrogens (tertiary/aromatic N) is 1. The predicted molar refractivity (Wildman–Crippen MR) is 69.3 cm³/mol. The highest BCUT2D eigenvalue weighted by Gasteiger charge is 2.19. The van der Waals surface area contributed by atoms with Gasteiger partial charge in [0, 0.05) is 18.8 Å². The van der Waals surface area contributed by atoms with Gasteiger partial charge in [-0.1, -0.05) is 0 Å². The third kappa shape index (κ3) is 5.24. The number of thioether (sulfide) groups is 1. The number of morpholine rings is 1. The second-order valence-corrected chi connectivity index (χ2v) is 4.90. The van der Waals surface area contributed by atoms with E-state index in [0.717, 1.165) is 0 Å². The van der Waals surface area contributed by atoms with Gasteiger partial charge >= 0.3 is 5.97 Å². The number of carbonyl (C=O) groups excluding carboxylic acids is 2. The molecule has 0 aromatic rings. The zero-order valence-electron chi connectivity index (χ0n) is 10.6. The van der Waals surface area contributed by atoms with Crippen LogP contribution in [0.5, 0.6) is 0 Å². The van der Waals surface area contributed by atoms with Gasteiger partial charge in [0.05, 0.1) is 25.6 Å². The van der Waals surface area contributed by atoms with Gasteiger partial charge in [-0.2, -0.15) is 0 Å². The highest BCUT2D eigenvalue weighted by molar-refractivity contribution is 8.00. The Balaban J connectivity index is 2.16. The first-order valence-electron chi connectivity index (χ1n) is 6.00. The lowest BCUT2D eigenvalue weighted by Crippen LogP contribution is -2.42. The van der Waals surface area contributed by atoms with Crippen LogP contribution in [-0.2, 0) is 19.1 Å². The van der Waals surface area contributed by atoms with Crippen molar-refractivity contribution in [1.82, 2.24) is 4.90 Å². The van der Waals surface area contributed by atoms with Crippen molar-refractivity contribution in [1.29, 1.82) is 0 Å². The molecule has 0 aromatic heterocycles. The fourth-order valence-electron chi connectivity index (χ4n) is 1.49. The van der Waals surface area contributed by atoms with Crippen LogP contribution in [0.25, 0.3) is 0 Å². The third-order valence-corrected chi connectivity index (χ3v) is 3.52. The Bertz CT molecular complexity index is 282. The predicted octanol–water partition coefficient (Wildman–Crippen LogP) is -0.531. The number of hydrogen-bond donors (Lipinski definition) is 1. The molecule has 104 valence electrons. The molecule has 0 aromatic carbocycles. The quantitative estimate of drug-likeness (QED) is 0.657. The first kappa shape index (κ1) is 15.3. The van der Waals surface area contributed by atoms with E-state index in [-0.39, 0.29) is 5.91 Å². The maximum Gasteiger partial charge on any atom is 0.323 e. The van der Waals surface area contributed by atoms with E-state index in [9.17, 15) is 9.59 Å². The van der Waals surface area contributed by atoms with Gasteiger partial charge in [-0.15, -0.1) is 11.8 Å². The number of rotatable bonds is 6. The Hall–Kier alpha value is -0.790. The zero-order valence-corrected chi connectivity index (χ0v) is 11.4. The largest absolute Gasteiger partial charge is 0.465 e. The molecule has 18 heavy (non-hydrogen) atoms. The summed E-state index contributed by atoms with van der Waals surface area (Å²) in [4.78, 5) is 24.8. The fraction of sp³-hybridized carbons (Fsp3) is 0.818. The molecule has 0 spiro atoms. The van der Waals surface area contributed by atoms with Crippen molar-refractivity contribution < 1.29 is 19.1 Å². The minimum absolute atomic E-state index is 0.0689. The SMILES string of the molecule is CCOC(=O)C(N)CSCC(=O)N1CCOCC1. The molecule has 0 bridgehead atoms. The molecular weight excluding hydrogens is 256 g/mol. The standard InChI is InChI=1S/C11H20N2O4S/c1-2-17-11(15)9(12)7-18-8-10(14)13-3-5-16-6-4-13/h9H,2-8,12H2,1H3. The molecule has 1 aliphatic heterocycles. The summed E-state index contributed by atoms with van der Waals surface area (Å²) in [5, 5.41) is 0. The molecular formula is C11H20N2O4S. The molecule has 1 heterocycles. The minimum Gasteiger partial charge on any atom is -0.465 e. The van der Waals surface area contributed by atoms with Gasteiger partial charge < -0.3 is 20.1 Å². The van der Waals surface area contributed by atoms with Gasteiger partial charge in [-0.25, -0.2) is 0 Å². The van der Waals surface area contributed by atoms with Gasteiger partial charge in [-0.05, 0) is 6.92 Å². The Labute approximate surface area is 111 Å². The average Bonchev–Trinajstić information content (AvgIpc) is 2.39.